The van der Waals surface area contributed by atoms with Gasteiger partial charge in [0.2, 0.25) is 0 Å². The summed E-state index contributed by atoms with van der Waals surface area (Å²) in [6.07, 6.45) is 11.3. The molecule has 4 rings (SSSR count). The predicted molar refractivity (Wildman–Crippen MR) is 133 cm³/mol. The zero-order chi connectivity index (χ0) is 23.0. The highest BCUT2D eigenvalue weighted by molar-refractivity contribution is 5.94. The number of Topliss-reactive ketones (excluding diaryl/α,β-unsaturated/α-hetero) is 1. The van der Waals surface area contributed by atoms with Crippen LogP contribution in [0.4, 0.5) is 0 Å². The number of carbonyl (C=O) groups excluding carboxylic acids is 2. The zero-order valence-electron chi connectivity index (χ0n) is 19.2. The van der Waals surface area contributed by atoms with Gasteiger partial charge in [0.1, 0.15) is 12.4 Å². The van der Waals surface area contributed by atoms with Crippen LogP contribution in [0, 0.1) is 5.92 Å². The fraction of sp³-hybridized carbons (Fsp3) is 0.379. The second-order valence-electron chi connectivity index (χ2n) is 9.16. The lowest BCUT2D eigenvalue weighted by Gasteiger charge is -2.23. The van der Waals surface area contributed by atoms with E-state index >= 15 is 0 Å². The van der Waals surface area contributed by atoms with Crippen LogP contribution in [0.2, 0.25) is 0 Å². The van der Waals surface area contributed by atoms with Crippen LogP contribution in [-0.2, 0) is 22.6 Å². The molecule has 0 unspecified atom stereocenters. The Labute approximate surface area is 196 Å². The molecule has 2 aliphatic carbocycles. The molecule has 0 amide bonds. The van der Waals surface area contributed by atoms with Crippen molar-refractivity contribution in [1.82, 2.24) is 4.90 Å². The largest absolute Gasteiger partial charge is 0.388 e. The molecular formula is C29H33NO3. The Balaban J connectivity index is 1.36. The number of aliphatic hydroxyl groups is 1. The molecule has 0 atom stereocenters. The lowest BCUT2D eigenvalue weighted by atomic mass is 10.0. The lowest BCUT2D eigenvalue weighted by molar-refractivity contribution is -0.120. The Kier molecular flexibility index (Phi) is 8.03. The van der Waals surface area contributed by atoms with Gasteiger partial charge in [-0.25, -0.2) is 0 Å². The molecule has 0 bridgehead atoms. The van der Waals surface area contributed by atoms with E-state index < -0.39 is 6.61 Å². The summed E-state index contributed by atoms with van der Waals surface area (Å²) in [5.41, 5.74) is 6.39. The van der Waals surface area contributed by atoms with Crippen LogP contribution < -0.4 is 0 Å². The molecule has 0 heterocycles. The van der Waals surface area contributed by atoms with Crippen LogP contribution in [0.25, 0.3) is 11.6 Å². The number of aliphatic hydroxyl groups excluding tert-OH is 1. The first-order valence-corrected chi connectivity index (χ1v) is 12.1. The lowest BCUT2D eigenvalue weighted by Crippen LogP contribution is -2.26. The number of benzene rings is 2. The second kappa shape index (κ2) is 11.4. The highest BCUT2D eigenvalue weighted by atomic mass is 16.3. The summed E-state index contributed by atoms with van der Waals surface area (Å²) in [5.74, 6) is 0.488. The van der Waals surface area contributed by atoms with E-state index in [1.54, 1.807) is 6.08 Å². The van der Waals surface area contributed by atoms with Crippen molar-refractivity contribution in [2.75, 3.05) is 19.7 Å². The van der Waals surface area contributed by atoms with Gasteiger partial charge in [-0.3, -0.25) is 14.5 Å². The number of nitrogens with zero attached hydrogens (tertiary/aromatic N) is 1. The number of allylic oxidation sites excluding steroid dienone is 1. The number of hydrogen-bond donors (Lipinski definition) is 1. The smallest absolute Gasteiger partial charge is 0.181 e. The van der Waals surface area contributed by atoms with Crippen molar-refractivity contribution < 1.29 is 14.7 Å². The average Bonchev–Trinajstić information content (AvgIpc) is 3.62. The molecule has 2 aliphatic rings. The van der Waals surface area contributed by atoms with E-state index in [-0.39, 0.29) is 5.78 Å². The van der Waals surface area contributed by atoms with Gasteiger partial charge in [-0.15, -0.1) is 0 Å². The number of carbonyl (C=O) groups is 2. The van der Waals surface area contributed by atoms with Crippen molar-refractivity contribution in [1.29, 1.82) is 0 Å². The molecule has 1 fully saturated rings. The summed E-state index contributed by atoms with van der Waals surface area (Å²) in [6.45, 7) is 2.25. The van der Waals surface area contributed by atoms with Crippen LogP contribution in [-0.4, -0.2) is 41.3 Å². The molecule has 33 heavy (non-hydrogen) atoms. The molecule has 1 N–H and O–H groups in total. The molecule has 172 valence electrons. The van der Waals surface area contributed by atoms with Gasteiger partial charge in [-0.1, -0.05) is 60.7 Å². The Bertz CT molecular complexity index is 1030. The predicted octanol–water partition coefficient (Wildman–Crippen LogP) is 4.85. The van der Waals surface area contributed by atoms with Crippen molar-refractivity contribution in [2.24, 2.45) is 5.92 Å². The molecule has 0 aromatic heterocycles. The van der Waals surface area contributed by atoms with Gasteiger partial charge in [0.25, 0.3) is 0 Å². The van der Waals surface area contributed by atoms with Crippen LogP contribution in [0.5, 0.6) is 0 Å². The minimum Gasteiger partial charge on any atom is -0.388 e. The highest BCUT2D eigenvalue weighted by Gasteiger charge is 2.28. The number of fused-ring (bicyclic) bond motifs is 1. The molecule has 0 saturated heterocycles. The van der Waals surface area contributed by atoms with Crippen LogP contribution in [0.15, 0.2) is 60.7 Å². The van der Waals surface area contributed by atoms with Crippen LogP contribution in [0.1, 0.15) is 54.4 Å². The Morgan fingerprint density at radius 1 is 1.03 bits per heavy atom. The first-order chi connectivity index (χ1) is 16.1. The monoisotopic (exact) mass is 443 g/mol. The quantitative estimate of drug-likeness (QED) is 0.450. The summed E-state index contributed by atoms with van der Waals surface area (Å²) < 4.78 is 0. The van der Waals surface area contributed by atoms with Crippen molar-refractivity contribution in [3.05, 3.63) is 82.9 Å². The summed E-state index contributed by atoms with van der Waals surface area (Å²) >= 11 is 0. The molecule has 2 aromatic carbocycles. The molecule has 4 heteroatoms. The Hall–Kier alpha value is -2.82. The van der Waals surface area contributed by atoms with E-state index in [2.05, 4.69) is 47.4 Å². The summed E-state index contributed by atoms with van der Waals surface area (Å²) in [4.78, 5) is 25.9. The maximum Gasteiger partial charge on any atom is 0.181 e. The van der Waals surface area contributed by atoms with Gasteiger partial charge in [0.05, 0.1) is 0 Å². The normalized spacial score (nSPS) is 15.2. The number of hydrogen-bond acceptors (Lipinski definition) is 4. The van der Waals surface area contributed by atoms with Crippen molar-refractivity contribution in [3.8, 4) is 0 Å². The third kappa shape index (κ3) is 6.83. The van der Waals surface area contributed by atoms with Crippen molar-refractivity contribution in [3.63, 3.8) is 0 Å². The van der Waals surface area contributed by atoms with Gasteiger partial charge < -0.3 is 5.11 Å². The van der Waals surface area contributed by atoms with Gasteiger partial charge in [0.15, 0.2) is 5.78 Å². The van der Waals surface area contributed by atoms with E-state index in [0.29, 0.717) is 18.1 Å². The summed E-state index contributed by atoms with van der Waals surface area (Å²) in [6, 6.07) is 16.8. The topological polar surface area (TPSA) is 57.6 Å². The third-order valence-corrected chi connectivity index (χ3v) is 6.56. The van der Waals surface area contributed by atoms with Crippen LogP contribution in [0.3, 0.4) is 0 Å². The van der Waals surface area contributed by atoms with E-state index in [1.165, 1.54) is 28.3 Å². The molecule has 0 radical (unpaired) electrons. The maximum absolute atomic E-state index is 12.1. The molecule has 0 aliphatic heterocycles. The molecule has 0 spiro atoms. The number of rotatable bonds is 13. The first kappa shape index (κ1) is 23.3. The van der Waals surface area contributed by atoms with Gasteiger partial charge >= 0.3 is 0 Å². The van der Waals surface area contributed by atoms with Crippen LogP contribution >= 0.6 is 0 Å². The van der Waals surface area contributed by atoms with E-state index in [4.69, 9.17) is 5.11 Å². The van der Waals surface area contributed by atoms with Crippen molar-refractivity contribution >= 4 is 23.2 Å². The molecule has 1 saturated carbocycles. The SMILES string of the molecule is O=C(/C=C/c1ccc(CN(CCCC(=O)C2CC2)CCC2=CCc3ccccc32)cc1)CO. The summed E-state index contributed by atoms with van der Waals surface area (Å²) in [7, 11) is 0. The standard InChI is InChI=1S/C29H33NO3/c31-21-27(32)16-11-22-7-9-23(10-8-22)20-30(18-3-6-29(33)26-14-15-26)19-17-25-13-12-24-4-1-2-5-28(24)25/h1-2,4-5,7-11,13,16,26,31H,3,6,12,14-15,17-21H2/b16-11+. The summed E-state index contributed by atoms with van der Waals surface area (Å²) in [5, 5.41) is 8.85. The molecule has 2 aromatic rings. The first-order valence-electron chi connectivity index (χ1n) is 12.1. The third-order valence-electron chi connectivity index (χ3n) is 6.56. The fourth-order valence-electron chi connectivity index (χ4n) is 4.46. The van der Waals surface area contributed by atoms with Crippen molar-refractivity contribution in [2.45, 2.75) is 45.1 Å². The Morgan fingerprint density at radius 2 is 1.82 bits per heavy atom. The minimum atomic E-state index is -0.465. The van der Waals surface area contributed by atoms with E-state index in [0.717, 1.165) is 57.3 Å². The van der Waals surface area contributed by atoms with Gasteiger partial charge in [-0.05, 0) is 72.6 Å². The van der Waals surface area contributed by atoms with Gasteiger partial charge in [-0.2, -0.15) is 0 Å². The second-order valence-corrected chi connectivity index (χ2v) is 9.16. The average molecular weight is 444 g/mol. The maximum atomic E-state index is 12.1. The Morgan fingerprint density at radius 3 is 2.58 bits per heavy atom. The van der Waals surface area contributed by atoms with E-state index in [1.807, 2.05) is 12.1 Å². The number of ketones is 2. The zero-order valence-corrected chi connectivity index (χ0v) is 19.2. The molecular weight excluding hydrogens is 410 g/mol. The molecule has 4 nitrogen and oxygen atoms in total. The van der Waals surface area contributed by atoms with Gasteiger partial charge in [0, 0.05) is 25.4 Å². The fourth-order valence-corrected chi connectivity index (χ4v) is 4.46. The highest BCUT2D eigenvalue weighted by Crippen LogP contribution is 2.32. The minimum absolute atomic E-state index is 0.297. The van der Waals surface area contributed by atoms with E-state index in [9.17, 15) is 9.59 Å².